The molecule has 10 heteroatoms. The lowest BCUT2D eigenvalue weighted by molar-refractivity contribution is -0.343. The van der Waals surface area contributed by atoms with E-state index in [9.17, 15) is 29.4 Å². The van der Waals surface area contributed by atoms with Gasteiger partial charge in [0, 0.05) is 12.8 Å². The summed E-state index contributed by atoms with van der Waals surface area (Å²) < 4.78 is 0. The van der Waals surface area contributed by atoms with E-state index >= 15 is 0 Å². The summed E-state index contributed by atoms with van der Waals surface area (Å²) in [6, 6.07) is 0. The molecule has 0 saturated heterocycles. The quantitative estimate of drug-likeness (QED) is 0.119. The maximum Gasteiger partial charge on any atom is 0.336 e. The van der Waals surface area contributed by atoms with Crippen LogP contribution < -0.4 is 0 Å². The number of rotatable bonds is 21. The van der Waals surface area contributed by atoms with Gasteiger partial charge in [-0.05, 0) is 25.7 Å². The number of hydrogen-bond donors (Lipinski definition) is 4. The van der Waals surface area contributed by atoms with Crippen LogP contribution in [0.15, 0.2) is 0 Å². The van der Waals surface area contributed by atoms with Crippen molar-refractivity contribution in [1.29, 1.82) is 0 Å². The van der Waals surface area contributed by atoms with Crippen molar-refractivity contribution < 1.29 is 49.4 Å². The first-order valence-corrected chi connectivity index (χ1v) is 10.4. The van der Waals surface area contributed by atoms with Gasteiger partial charge < -0.3 is 20.4 Å². The van der Waals surface area contributed by atoms with Gasteiger partial charge in [0.25, 0.3) is 0 Å². The highest BCUT2D eigenvalue weighted by molar-refractivity contribution is 5.73. The van der Waals surface area contributed by atoms with Crippen molar-refractivity contribution in [3.05, 3.63) is 0 Å². The van der Waals surface area contributed by atoms with Crippen molar-refractivity contribution in [2.24, 2.45) is 0 Å². The molecule has 0 spiro atoms. The standard InChI is InChI=1S/C20H34O10/c21-17(22)13-9-5-1-3-7-11-15(19(25)26)29-30-16(20(27)28)12-8-4-2-6-10-14-18(23)24/h15-16H,1-14H2,(H,21,22)(H,23,24)(H,25,26)(H,27,28). The Hall–Kier alpha value is -2.20. The lowest BCUT2D eigenvalue weighted by Gasteiger charge is -2.17. The lowest BCUT2D eigenvalue weighted by atomic mass is 10.1. The Morgan fingerprint density at radius 3 is 1.10 bits per heavy atom. The Labute approximate surface area is 176 Å². The number of unbranched alkanes of at least 4 members (excludes halogenated alkanes) is 8. The zero-order valence-electron chi connectivity index (χ0n) is 17.3. The minimum atomic E-state index is -1.26. The first-order chi connectivity index (χ1) is 14.2. The smallest absolute Gasteiger partial charge is 0.336 e. The Morgan fingerprint density at radius 1 is 0.500 bits per heavy atom. The third-order valence-corrected chi connectivity index (χ3v) is 4.55. The molecule has 0 heterocycles. The van der Waals surface area contributed by atoms with Crippen molar-refractivity contribution in [3.8, 4) is 0 Å². The SMILES string of the molecule is O=C(O)CCCCCCCC(OOC(CCCCCCCC(=O)O)C(=O)O)C(=O)O. The third kappa shape index (κ3) is 16.7. The van der Waals surface area contributed by atoms with E-state index in [2.05, 4.69) is 0 Å². The minimum Gasteiger partial charge on any atom is -0.481 e. The molecule has 0 aliphatic heterocycles. The fourth-order valence-corrected chi connectivity index (χ4v) is 2.83. The lowest BCUT2D eigenvalue weighted by Crippen LogP contribution is -2.30. The predicted octanol–water partition coefficient (Wildman–Crippen LogP) is 3.47. The summed E-state index contributed by atoms with van der Waals surface area (Å²) in [5.41, 5.74) is 0. The molecule has 0 fully saturated rings. The molecule has 4 N–H and O–H groups in total. The second kappa shape index (κ2) is 17.6. The maximum absolute atomic E-state index is 11.3. The molecular weight excluding hydrogens is 400 g/mol. The minimum absolute atomic E-state index is 0.119. The van der Waals surface area contributed by atoms with E-state index in [0.717, 1.165) is 38.5 Å². The zero-order valence-corrected chi connectivity index (χ0v) is 17.3. The second-order valence-electron chi connectivity index (χ2n) is 7.25. The summed E-state index contributed by atoms with van der Waals surface area (Å²) in [6.07, 6.45) is 4.80. The first kappa shape index (κ1) is 27.8. The van der Waals surface area contributed by atoms with Crippen molar-refractivity contribution in [2.75, 3.05) is 0 Å². The van der Waals surface area contributed by atoms with Crippen LogP contribution in [-0.2, 0) is 29.0 Å². The molecule has 0 bridgehead atoms. The molecule has 0 rings (SSSR count). The topological polar surface area (TPSA) is 168 Å². The molecule has 0 aliphatic rings. The average Bonchev–Trinajstić information content (AvgIpc) is 2.65. The van der Waals surface area contributed by atoms with Gasteiger partial charge in [-0.15, -0.1) is 0 Å². The highest BCUT2D eigenvalue weighted by Gasteiger charge is 2.25. The van der Waals surface area contributed by atoms with Crippen LogP contribution in [0.2, 0.25) is 0 Å². The molecule has 0 amide bonds. The highest BCUT2D eigenvalue weighted by Crippen LogP contribution is 2.15. The average molecular weight is 434 g/mol. The largest absolute Gasteiger partial charge is 0.481 e. The number of carboxylic acids is 4. The summed E-state index contributed by atoms with van der Waals surface area (Å²) in [6.45, 7) is 0. The maximum atomic E-state index is 11.3. The van der Waals surface area contributed by atoms with Gasteiger partial charge in [-0.3, -0.25) is 9.59 Å². The molecule has 10 nitrogen and oxygen atoms in total. The van der Waals surface area contributed by atoms with E-state index in [1.165, 1.54) is 0 Å². The molecule has 0 aromatic heterocycles. The summed E-state index contributed by atoms with van der Waals surface area (Å²) in [5, 5.41) is 35.5. The Morgan fingerprint density at radius 2 is 0.800 bits per heavy atom. The molecule has 0 saturated carbocycles. The van der Waals surface area contributed by atoms with Crippen molar-refractivity contribution >= 4 is 23.9 Å². The van der Waals surface area contributed by atoms with Crippen LogP contribution in [0.3, 0.4) is 0 Å². The van der Waals surface area contributed by atoms with Gasteiger partial charge >= 0.3 is 23.9 Å². The van der Waals surface area contributed by atoms with E-state index in [4.69, 9.17) is 20.0 Å². The zero-order chi connectivity index (χ0) is 22.8. The van der Waals surface area contributed by atoms with Gasteiger partial charge in [-0.2, -0.15) is 0 Å². The van der Waals surface area contributed by atoms with Gasteiger partial charge in [-0.1, -0.05) is 51.4 Å². The number of hydrogen-bond acceptors (Lipinski definition) is 6. The predicted molar refractivity (Wildman–Crippen MR) is 105 cm³/mol. The summed E-state index contributed by atoms with van der Waals surface area (Å²) >= 11 is 0. The van der Waals surface area contributed by atoms with Crippen molar-refractivity contribution in [3.63, 3.8) is 0 Å². The van der Waals surface area contributed by atoms with Crippen LogP contribution >= 0.6 is 0 Å². The molecule has 0 aliphatic carbocycles. The molecule has 0 aromatic rings. The normalized spacial score (nSPS) is 12.9. The summed E-state index contributed by atoms with van der Waals surface area (Å²) in [5.74, 6) is -4.14. The molecule has 0 radical (unpaired) electrons. The van der Waals surface area contributed by atoms with E-state index in [0.29, 0.717) is 25.7 Å². The number of carbonyl (C=O) groups is 4. The monoisotopic (exact) mass is 434 g/mol. The molecule has 174 valence electrons. The van der Waals surface area contributed by atoms with Gasteiger partial charge in [-0.25, -0.2) is 19.4 Å². The Bertz CT molecular complexity index is 474. The summed E-state index contributed by atoms with van der Waals surface area (Å²) in [4.78, 5) is 53.1. The molecule has 2 atom stereocenters. The van der Waals surface area contributed by atoms with Gasteiger partial charge in [0.15, 0.2) is 12.2 Å². The van der Waals surface area contributed by atoms with E-state index in [1.807, 2.05) is 0 Å². The second-order valence-corrected chi connectivity index (χ2v) is 7.25. The highest BCUT2D eigenvalue weighted by atomic mass is 17.2. The molecule has 2 unspecified atom stereocenters. The molecule has 30 heavy (non-hydrogen) atoms. The van der Waals surface area contributed by atoms with Crippen LogP contribution in [-0.4, -0.2) is 56.5 Å². The van der Waals surface area contributed by atoms with Crippen molar-refractivity contribution in [2.45, 2.75) is 102 Å². The van der Waals surface area contributed by atoms with Gasteiger partial charge in [0.1, 0.15) is 0 Å². The number of carboxylic acid groups (broad SMARTS) is 4. The molecule has 0 aromatic carbocycles. The van der Waals surface area contributed by atoms with E-state index in [-0.39, 0.29) is 25.7 Å². The van der Waals surface area contributed by atoms with Crippen LogP contribution in [0.1, 0.15) is 89.9 Å². The van der Waals surface area contributed by atoms with Crippen LogP contribution in [0.4, 0.5) is 0 Å². The van der Waals surface area contributed by atoms with Crippen LogP contribution in [0, 0.1) is 0 Å². The summed E-state index contributed by atoms with van der Waals surface area (Å²) in [7, 11) is 0. The first-order valence-electron chi connectivity index (χ1n) is 10.4. The number of aliphatic carboxylic acids is 4. The Balaban J connectivity index is 4.05. The van der Waals surface area contributed by atoms with Gasteiger partial charge in [0.2, 0.25) is 0 Å². The van der Waals surface area contributed by atoms with Crippen LogP contribution in [0.25, 0.3) is 0 Å². The third-order valence-electron chi connectivity index (χ3n) is 4.55. The van der Waals surface area contributed by atoms with E-state index < -0.39 is 36.1 Å². The van der Waals surface area contributed by atoms with Gasteiger partial charge in [0.05, 0.1) is 0 Å². The fourth-order valence-electron chi connectivity index (χ4n) is 2.83. The Kier molecular flexibility index (Phi) is 16.3. The van der Waals surface area contributed by atoms with Crippen molar-refractivity contribution in [1.82, 2.24) is 0 Å². The van der Waals surface area contributed by atoms with Crippen LogP contribution in [0.5, 0.6) is 0 Å². The van der Waals surface area contributed by atoms with E-state index in [1.54, 1.807) is 0 Å². The fraction of sp³-hybridized carbons (Fsp3) is 0.800. The molecular formula is C20H34O10.